The Hall–Kier alpha value is -3.03. The summed E-state index contributed by atoms with van der Waals surface area (Å²) < 4.78 is 0. The van der Waals surface area contributed by atoms with Crippen LogP contribution >= 0.6 is 11.3 Å². The first kappa shape index (κ1) is 20.3. The fourth-order valence-corrected chi connectivity index (χ4v) is 4.33. The van der Waals surface area contributed by atoms with Crippen molar-refractivity contribution in [3.8, 4) is 10.6 Å². The van der Waals surface area contributed by atoms with Crippen molar-refractivity contribution < 1.29 is 9.59 Å². The third kappa shape index (κ3) is 4.93. The fraction of sp³-hybridized carbons (Fsp3) is 0.261. The second kappa shape index (κ2) is 9.19. The third-order valence-corrected chi connectivity index (χ3v) is 6.01. The van der Waals surface area contributed by atoms with Gasteiger partial charge in [0, 0.05) is 61.8 Å². The summed E-state index contributed by atoms with van der Waals surface area (Å²) in [5, 5.41) is 5.88. The van der Waals surface area contributed by atoms with Crippen LogP contribution < -0.4 is 5.32 Å². The van der Waals surface area contributed by atoms with Gasteiger partial charge < -0.3 is 10.2 Å². The molecule has 0 atom stereocenters. The monoisotopic (exact) mass is 420 g/mol. The Morgan fingerprint density at radius 1 is 1.00 bits per heavy atom. The Bertz CT molecular complexity index is 1010. The number of hydrogen-bond donors (Lipinski definition) is 1. The summed E-state index contributed by atoms with van der Waals surface area (Å²) >= 11 is 1.67. The van der Waals surface area contributed by atoms with Gasteiger partial charge in [-0.15, -0.1) is 11.3 Å². The molecule has 1 saturated heterocycles. The van der Waals surface area contributed by atoms with Gasteiger partial charge in [0.2, 0.25) is 5.91 Å². The minimum atomic E-state index is -0.124. The van der Waals surface area contributed by atoms with E-state index in [9.17, 15) is 9.59 Å². The van der Waals surface area contributed by atoms with Crippen LogP contribution in [0, 0.1) is 0 Å². The van der Waals surface area contributed by atoms with Gasteiger partial charge in [-0.1, -0.05) is 30.3 Å². The molecule has 0 bridgehead atoms. The van der Waals surface area contributed by atoms with Crippen LogP contribution in [0.3, 0.4) is 0 Å². The zero-order valence-electron chi connectivity index (χ0n) is 16.9. The minimum Gasteiger partial charge on any atom is -0.336 e. The van der Waals surface area contributed by atoms with Crippen molar-refractivity contribution in [3.63, 3.8) is 0 Å². The molecule has 1 fully saturated rings. The van der Waals surface area contributed by atoms with Gasteiger partial charge in [-0.2, -0.15) is 0 Å². The van der Waals surface area contributed by atoms with Gasteiger partial charge >= 0.3 is 0 Å². The molecule has 1 N–H and O–H groups in total. The molecule has 6 nitrogen and oxygen atoms in total. The molecule has 1 aliphatic heterocycles. The van der Waals surface area contributed by atoms with Gasteiger partial charge in [-0.3, -0.25) is 14.5 Å². The highest BCUT2D eigenvalue weighted by Gasteiger charge is 2.22. The van der Waals surface area contributed by atoms with Crippen molar-refractivity contribution >= 4 is 28.8 Å². The molecule has 30 heavy (non-hydrogen) atoms. The number of carbonyl (C=O) groups excluding carboxylic acids is 2. The van der Waals surface area contributed by atoms with Gasteiger partial charge in [0.05, 0.1) is 5.69 Å². The molecule has 0 saturated carbocycles. The Kier molecular flexibility index (Phi) is 6.21. The van der Waals surface area contributed by atoms with Crippen molar-refractivity contribution in [1.29, 1.82) is 0 Å². The van der Waals surface area contributed by atoms with Crippen LogP contribution in [0.2, 0.25) is 0 Å². The van der Waals surface area contributed by atoms with E-state index in [2.05, 4.69) is 27.7 Å². The Morgan fingerprint density at radius 3 is 2.37 bits per heavy atom. The standard InChI is InChI=1S/C23H24N4O2S/c1-17(28)24-20-9-7-19(8-10-20)23(29)27-13-11-26(12-14-27)15-21-16-30-22(25-21)18-5-3-2-4-6-18/h2-10,16H,11-15H2,1H3,(H,24,28). The summed E-state index contributed by atoms with van der Waals surface area (Å²) in [6, 6.07) is 17.3. The molecular formula is C23H24N4O2S. The molecule has 0 radical (unpaired) electrons. The predicted octanol–water partition coefficient (Wildman–Crippen LogP) is 3.73. The average Bonchev–Trinajstić information content (AvgIpc) is 3.23. The number of benzene rings is 2. The topological polar surface area (TPSA) is 65.5 Å². The number of anilines is 1. The number of hydrogen-bond acceptors (Lipinski definition) is 5. The third-order valence-electron chi connectivity index (χ3n) is 5.07. The van der Waals surface area contributed by atoms with Gasteiger partial charge in [0.15, 0.2) is 0 Å². The normalized spacial score (nSPS) is 14.5. The molecule has 0 spiro atoms. The summed E-state index contributed by atoms with van der Waals surface area (Å²) in [6.07, 6.45) is 0. The fourth-order valence-electron chi connectivity index (χ4n) is 3.51. The molecule has 0 aliphatic carbocycles. The molecule has 2 amide bonds. The van der Waals surface area contributed by atoms with Crippen molar-refractivity contribution in [3.05, 3.63) is 71.2 Å². The number of rotatable bonds is 5. The van der Waals surface area contributed by atoms with Crippen LogP contribution in [-0.4, -0.2) is 52.8 Å². The van der Waals surface area contributed by atoms with E-state index in [-0.39, 0.29) is 11.8 Å². The minimum absolute atomic E-state index is 0.0315. The first-order valence-corrected chi connectivity index (χ1v) is 10.9. The number of piperazine rings is 1. The highest BCUT2D eigenvalue weighted by atomic mass is 32.1. The molecule has 0 unspecified atom stereocenters. The maximum atomic E-state index is 12.8. The number of aromatic nitrogens is 1. The van der Waals surface area contributed by atoms with E-state index < -0.39 is 0 Å². The van der Waals surface area contributed by atoms with Crippen LogP contribution in [-0.2, 0) is 11.3 Å². The second-order valence-corrected chi connectivity index (χ2v) is 8.20. The lowest BCUT2D eigenvalue weighted by Gasteiger charge is -2.34. The van der Waals surface area contributed by atoms with Gasteiger partial charge in [-0.05, 0) is 24.3 Å². The van der Waals surface area contributed by atoms with E-state index in [4.69, 9.17) is 4.98 Å². The van der Waals surface area contributed by atoms with E-state index in [0.29, 0.717) is 24.3 Å². The van der Waals surface area contributed by atoms with Crippen molar-refractivity contribution in [1.82, 2.24) is 14.8 Å². The van der Waals surface area contributed by atoms with Crippen LogP contribution in [0.5, 0.6) is 0 Å². The predicted molar refractivity (Wildman–Crippen MR) is 119 cm³/mol. The first-order chi connectivity index (χ1) is 14.6. The largest absolute Gasteiger partial charge is 0.336 e. The smallest absolute Gasteiger partial charge is 0.253 e. The average molecular weight is 421 g/mol. The Morgan fingerprint density at radius 2 is 1.70 bits per heavy atom. The summed E-state index contributed by atoms with van der Waals surface area (Å²) in [4.78, 5) is 32.9. The van der Waals surface area contributed by atoms with E-state index in [1.54, 1.807) is 35.6 Å². The molecule has 2 aromatic carbocycles. The number of nitrogens with zero attached hydrogens (tertiary/aromatic N) is 3. The zero-order valence-corrected chi connectivity index (χ0v) is 17.7. The summed E-state index contributed by atoms with van der Waals surface area (Å²) in [7, 11) is 0. The highest BCUT2D eigenvalue weighted by molar-refractivity contribution is 7.13. The SMILES string of the molecule is CC(=O)Nc1ccc(C(=O)N2CCN(Cc3csc(-c4ccccc4)n3)CC2)cc1. The number of carbonyl (C=O) groups is 2. The molecule has 1 aromatic heterocycles. The maximum absolute atomic E-state index is 12.8. The lowest BCUT2D eigenvalue weighted by atomic mass is 10.1. The molecule has 4 rings (SSSR count). The van der Waals surface area contributed by atoms with Crippen molar-refractivity contribution in [2.45, 2.75) is 13.5 Å². The highest BCUT2D eigenvalue weighted by Crippen LogP contribution is 2.24. The Balaban J connectivity index is 1.30. The number of nitrogens with one attached hydrogen (secondary N) is 1. The lowest BCUT2D eigenvalue weighted by Crippen LogP contribution is -2.48. The van der Waals surface area contributed by atoms with Crippen molar-refractivity contribution in [2.75, 3.05) is 31.5 Å². The van der Waals surface area contributed by atoms with Crippen LogP contribution in [0.4, 0.5) is 5.69 Å². The van der Waals surface area contributed by atoms with E-state index >= 15 is 0 Å². The van der Waals surface area contributed by atoms with Crippen LogP contribution in [0.15, 0.2) is 60.0 Å². The van der Waals surface area contributed by atoms with Crippen LogP contribution in [0.25, 0.3) is 10.6 Å². The van der Waals surface area contributed by atoms with Crippen molar-refractivity contribution in [2.24, 2.45) is 0 Å². The van der Waals surface area contributed by atoms with Crippen LogP contribution in [0.1, 0.15) is 23.0 Å². The summed E-state index contributed by atoms with van der Waals surface area (Å²) in [5.41, 5.74) is 3.56. The first-order valence-electron chi connectivity index (χ1n) is 9.97. The molecule has 2 heterocycles. The molecular weight excluding hydrogens is 396 g/mol. The quantitative estimate of drug-likeness (QED) is 0.683. The van der Waals surface area contributed by atoms with Gasteiger partial charge in [-0.25, -0.2) is 4.98 Å². The van der Waals surface area contributed by atoms with E-state index in [1.807, 2.05) is 23.1 Å². The summed E-state index contributed by atoms with van der Waals surface area (Å²) in [5.74, 6) is -0.0924. The molecule has 154 valence electrons. The maximum Gasteiger partial charge on any atom is 0.253 e. The Labute approximate surface area is 180 Å². The molecule has 7 heteroatoms. The zero-order chi connectivity index (χ0) is 20.9. The van der Waals surface area contributed by atoms with E-state index in [1.165, 1.54) is 6.92 Å². The van der Waals surface area contributed by atoms with Gasteiger partial charge in [0.25, 0.3) is 5.91 Å². The number of amides is 2. The number of thiazole rings is 1. The second-order valence-electron chi connectivity index (χ2n) is 7.34. The molecule has 3 aromatic rings. The summed E-state index contributed by atoms with van der Waals surface area (Å²) in [6.45, 7) is 5.31. The van der Waals surface area contributed by atoms with Gasteiger partial charge in [0.1, 0.15) is 5.01 Å². The van der Waals surface area contributed by atoms with E-state index in [0.717, 1.165) is 35.9 Å². The molecule has 1 aliphatic rings. The lowest BCUT2D eigenvalue weighted by molar-refractivity contribution is -0.114.